The number of nitrogens with one attached hydrogen (secondary N) is 1. The van der Waals surface area contributed by atoms with Gasteiger partial charge in [0.25, 0.3) is 5.91 Å². The standard InChI is InChI=1S/C27H29N5O3/c1-34-26-7-6-23(15-24(26)29-17-20-4-2-9-28-16-20)27(33)31-12-13-35-19-21(18-31)14-22-5-3-11-32-25(22)8-10-30-32/h2-11,15-16,21,29H,12-14,17-19H2,1H3/t21-/m0/s1. The van der Waals surface area contributed by atoms with Crippen LogP contribution in [0.15, 0.2) is 73.3 Å². The van der Waals surface area contributed by atoms with Gasteiger partial charge in [0.15, 0.2) is 0 Å². The molecule has 1 fully saturated rings. The van der Waals surface area contributed by atoms with Crippen molar-refractivity contribution in [1.82, 2.24) is 19.5 Å². The minimum atomic E-state index is -0.00450. The van der Waals surface area contributed by atoms with Crippen LogP contribution in [0.5, 0.6) is 5.75 Å². The zero-order valence-electron chi connectivity index (χ0n) is 19.8. The summed E-state index contributed by atoms with van der Waals surface area (Å²) >= 11 is 0. The molecule has 8 nitrogen and oxygen atoms in total. The third kappa shape index (κ3) is 5.27. The summed E-state index contributed by atoms with van der Waals surface area (Å²) in [7, 11) is 1.63. The molecule has 180 valence electrons. The van der Waals surface area contributed by atoms with Crippen molar-refractivity contribution in [3.05, 3.63) is 90.0 Å². The number of carbonyl (C=O) groups is 1. The Balaban J connectivity index is 1.31. The molecule has 0 spiro atoms. The zero-order valence-corrected chi connectivity index (χ0v) is 19.8. The molecule has 0 unspecified atom stereocenters. The fourth-order valence-electron chi connectivity index (χ4n) is 4.55. The van der Waals surface area contributed by atoms with E-state index in [9.17, 15) is 4.79 Å². The van der Waals surface area contributed by atoms with Crippen molar-refractivity contribution in [1.29, 1.82) is 0 Å². The van der Waals surface area contributed by atoms with Gasteiger partial charge in [0.2, 0.25) is 0 Å². The molecule has 1 N–H and O–H groups in total. The highest BCUT2D eigenvalue weighted by Gasteiger charge is 2.25. The van der Waals surface area contributed by atoms with E-state index in [-0.39, 0.29) is 11.8 Å². The Morgan fingerprint density at radius 2 is 2.14 bits per heavy atom. The number of hydrogen-bond donors (Lipinski definition) is 1. The molecule has 4 heterocycles. The minimum Gasteiger partial charge on any atom is -0.495 e. The van der Waals surface area contributed by atoms with Gasteiger partial charge in [-0.25, -0.2) is 4.52 Å². The van der Waals surface area contributed by atoms with E-state index in [0.717, 1.165) is 23.2 Å². The summed E-state index contributed by atoms with van der Waals surface area (Å²) in [5.41, 5.74) is 4.75. The average molecular weight is 472 g/mol. The van der Waals surface area contributed by atoms with Crippen molar-refractivity contribution >= 4 is 17.1 Å². The zero-order chi connectivity index (χ0) is 24.0. The Morgan fingerprint density at radius 1 is 1.20 bits per heavy atom. The molecule has 1 aliphatic heterocycles. The maximum atomic E-state index is 13.5. The summed E-state index contributed by atoms with van der Waals surface area (Å²) in [5, 5.41) is 7.71. The maximum absolute atomic E-state index is 13.5. The average Bonchev–Trinajstić information content (AvgIpc) is 3.27. The van der Waals surface area contributed by atoms with E-state index in [4.69, 9.17) is 9.47 Å². The van der Waals surface area contributed by atoms with E-state index < -0.39 is 0 Å². The summed E-state index contributed by atoms with van der Waals surface area (Å²) in [6.07, 6.45) is 8.14. The fraction of sp³-hybridized carbons (Fsp3) is 0.296. The number of hydrogen-bond acceptors (Lipinski definition) is 6. The lowest BCUT2D eigenvalue weighted by atomic mass is 9.99. The number of amides is 1. The number of anilines is 1. The molecule has 1 amide bonds. The van der Waals surface area contributed by atoms with Gasteiger partial charge in [-0.3, -0.25) is 9.78 Å². The van der Waals surface area contributed by atoms with Crippen molar-refractivity contribution in [2.75, 3.05) is 38.7 Å². The summed E-state index contributed by atoms with van der Waals surface area (Å²) in [6.45, 7) is 2.94. The van der Waals surface area contributed by atoms with Crippen LogP contribution in [0.4, 0.5) is 5.69 Å². The number of ether oxygens (including phenoxy) is 2. The van der Waals surface area contributed by atoms with Crippen molar-refractivity contribution < 1.29 is 14.3 Å². The SMILES string of the molecule is COc1ccc(C(=O)N2CCOC[C@@H](Cc3cccn4nccc34)C2)cc1NCc1cccnc1. The largest absolute Gasteiger partial charge is 0.495 e. The monoisotopic (exact) mass is 471 g/mol. The third-order valence-corrected chi connectivity index (χ3v) is 6.31. The van der Waals surface area contributed by atoms with Gasteiger partial charge in [-0.15, -0.1) is 0 Å². The Hall–Kier alpha value is -3.91. The highest BCUT2D eigenvalue weighted by molar-refractivity contribution is 5.95. The lowest BCUT2D eigenvalue weighted by molar-refractivity contribution is 0.0737. The van der Waals surface area contributed by atoms with Crippen LogP contribution >= 0.6 is 0 Å². The molecule has 0 aliphatic carbocycles. The Bertz CT molecular complexity index is 1290. The lowest BCUT2D eigenvalue weighted by Gasteiger charge is -2.24. The second-order valence-electron chi connectivity index (χ2n) is 8.72. The molecule has 3 aromatic heterocycles. The molecule has 1 atom stereocenters. The van der Waals surface area contributed by atoms with Gasteiger partial charge in [-0.1, -0.05) is 12.1 Å². The third-order valence-electron chi connectivity index (χ3n) is 6.31. The predicted molar refractivity (Wildman–Crippen MR) is 134 cm³/mol. The van der Waals surface area contributed by atoms with E-state index in [0.29, 0.717) is 44.2 Å². The molecule has 1 aliphatic rings. The molecule has 0 bridgehead atoms. The highest BCUT2D eigenvalue weighted by Crippen LogP contribution is 2.27. The van der Waals surface area contributed by atoms with Crippen LogP contribution in [0.2, 0.25) is 0 Å². The first kappa shape index (κ1) is 22.9. The highest BCUT2D eigenvalue weighted by atomic mass is 16.5. The molecule has 8 heteroatoms. The molecule has 0 radical (unpaired) electrons. The number of carbonyl (C=O) groups excluding carboxylic acids is 1. The Labute approximate surface area is 204 Å². The van der Waals surface area contributed by atoms with Crippen molar-refractivity contribution in [2.45, 2.75) is 13.0 Å². The molecule has 35 heavy (non-hydrogen) atoms. The van der Waals surface area contributed by atoms with Gasteiger partial charge in [0.1, 0.15) is 5.75 Å². The van der Waals surface area contributed by atoms with Crippen LogP contribution in [0.1, 0.15) is 21.5 Å². The summed E-state index contributed by atoms with van der Waals surface area (Å²) in [4.78, 5) is 19.6. The van der Waals surface area contributed by atoms with Crippen molar-refractivity contribution in [3.8, 4) is 5.75 Å². The normalized spacial score (nSPS) is 16.1. The lowest BCUT2D eigenvalue weighted by Crippen LogP contribution is -2.36. The van der Waals surface area contributed by atoms with E-state index in [1.54, 1.807) is 13.3 Å². The molecule has 1 aromatic carbocycles. The van der Waals surface area contributed by atoms with Gasteiger partial charge in [-0.05, 0) is 53.9 Å². The number of benzene rings is 1. The van der Waals surface area contributed by atoms with E-state index in [1.165, 1.54) is 5.56 Å². The van der Waals surface area contributed by atoms with E-state index >= 15 is 0 Å². The smallest absolute Gasteiger partial charge is 0.254 e. The number of aromatic nitrogens is 3. The topological polar surface area (TPSA) is 81.0 Å². The Morgan fingerprint density at radius 3 is 3.00 bits per heavy atom. The maximum Gasteiger partial charge on any atom is 0.254 e. The Kier molecular flexibility index (Phi) is 6.90. The van der Waals surface area contributed by atoms with Crippen LogP contribution in [0.25, 0.3) is 5.52 Å². The van der Waals surface area contributed by atoms with Gasteiger partial charge in [0, 0.05) is 55.9 Å². The predicted octanol–water partition coefficient (Wildman–Crippen LogP) is 3.68. The first-order chi connectivity index (χ1) is 17.2. The van der Waals surface area contributed by atoms with Crippen LogP contribution in [0.3, 0.4) is 0 Å². The van der Waals surface area contributed by atoms with E-state index in [2.05, 4.69) is 21.5 Å². The molecule has 5 rings (SSSR count). The number of fused-ring (bicyclic) bond motifs is 1. The summed E-state index contributed by atoms with van der Waals surface area (Å²) < 4.78 is 13.3. The number of nitrogens with zero attached hydrogens (tertiary/aromatic N) is 4. The van der Waals surface area contributed by atoms with Gasteiger partial charge >= 0.3 is 0 Å². The summed E-state index contributed by atoms with van der Waals surface area (Å²) in [5.74, 6) is 0.885. The molecule has 1 saturated heterocycles. The van der Waals surface area contributed by atoms with Gasteiger partial charge in [0.05, 0.1) is 31.5 Å². The second kappa shape index (κ2) is 10.6. The summed E-state index contributed by atoms with van der Waals surface area (Å²) in [6, 6.07) is 15.6. The number of methoxy groups -OCH3 is 1. The van der Waals surface area contributed by atoms with Crippen LogP contribution in [0, 0.1) is 5.92 Å². The molecule has 4 aromatic rings. The number of pyridine rings is 2. The first-order valence-electron chi connectivity index (χ1n) is 11.8. The number of rotatable bonds is 7. The molecular formula is C27H29N5O3. The fourth-order valence-corrected chi connectivity index (χ4v) is 4.55. The van der Waals surface area contributed by atoms with Crippen LogP contribution in [-0.4, -0.2) is 58.8 Å². The first-order valence-corrected chi connectivity index (χ1v) is 11.8. The van der Waals surface area contributed by atoms with Crippen molar-refractivity contribution in [3.63, 3.8) is 0 Å². The van der Waals surface area contributed by atoms with Crippen LogP contribution in [-0.2, 0) is 17.7 Å². The second-order valence-corrected chi connectivity index (χ2v) is 8.72. The van der Waals surface area contributed by atoms with Crippen LogP contribution < -0.4 is 10.1 Å². The minimum absolute atomic E-state index is 0.00450. The van der Waals surface area contributed by atoms with Gasteiger partial charge in [-0.2, -0.15) is 5.10 Å². The molecule has 0 saturated carbocycles. The molecular weight excluding hydrogens is 442 g/mol. The quantitative estimate of drug-likeness (QED) is 0.443. The van der Waals surface area contributed by atoms with E-state index in [1.807, 2.05) is 70.5 Å². The van der Waals surface area contributed by atoms with Crippen molar-refractivity contribution in [2.24, 2.45) is 5.92 Å². The van der Waals surface area contributed by atoms with Gasteiger partial charge < -0.3 is 19.7 Å².